The van der Waals surface area contributed by atoms with Gasteiger partial charge in [0.1, 0.15) is 11.6 Å². The molecule has 0 aliphatic carbocycles. The first-order valence-corrected chi connectivity index (χ1v) is 5.80. The summed E-state index contributed by atoms with van der Waals surface area (Å²) in [5.41, 5.74) is -1.14. The molecule has 3 N–H and O–H groups in total. The van der Waals surface area contributed by atoms with E-state index in [4.69, 9.17) is 9.84 Å². The van der Waals surface area contributed by atoms with E-state index in [9.17, 15) is 18.4 Å². The van der Waals surface area contributed by atoms with Crippen LogP contribution in [0.15, 0.2) is 12.1 Å². The molecule has 0 fully saturated rings. The van der Waals surface area contributed by atoms with Gasteiger partial charge in [0, 0.05) is 19.2 Å². The molecule has 8 heteroatoms. The normalized spacial score (nSPS) is 10.2. The first kappa shape index (κ1) is 15.8. The number of carboxylic acids is 1. The number of nitrogens with one attached hydrogen (secondary N) is 2. The van der Waals surface area contributed by atoms with Gasteiger partial charge in [-0.05, 0) is 13.0 Å². The Labute approximate surface area is 113 Å². The van der Waals surface area contributed by atoms with E-state index >= 15 is 0 Å². The highest BCUT2D eigenvalue weighted by Gasteiger charge is 2.16. The van der Waals surface area contributed by atoms with Crippen LogP contribution < -0.4 is 10.6 Å². The molecule has 1 aromatic carbocycles. The lowest BCUT2D eigenvalue weighted by Gasteiger charge is -2.09. The van der Waals surface area contributed by atoms with E-state index in [0.29, 0.717) is 12.7 Å². The van der Waals surface area contributed by atoms with Gasteiger partial charge in [0.2, 0.25) is 0 Å². The summed E-state index contributed by atoms with van der Waals surface area (Å²) in [4.78, 5) is 22.1. The van der Waals surface area contributed by atoms with Crippen LogP contribution in [-0.4, -0.2) is 36.9 Å². The van der Waals surface area contributed by atoms with Crippen molar-refractivity contribution in [1.29, 1.82) is 0 Å². The molecule has 0 saturated carbocycles. The Bertz CT molecular complexity index is 508. The minimum Gasteiger partial charge on any atom is -0.478 e. The molecule has 110 valence electrons. The predicted molar refractivity (Wildman–Crippen MR) is 66.8 cm³/mol. The van der Waals surface area contributed by atoms with Gasteiger partial charge in [0.05, 0.1) is 17.9 Å². The summed E-state index contributed by atoms with van der Waals surface area (Å²) in [6.07, 6.45) is 0. The van der Waals surface area contributed by atoms with Crippen LogP contribution in [0.1, 0.15) is 17.3 Å². The molecule has 0 unspecified atom stereocenters. The quantitative estimate of drug-likeness (QED) is 0.697. The molecule has 0 saturated heterocycles. The van der Waals surface area contributed by atoms with Crippen molar-refractivity contribution in [2.45, 2.75) is 6.92 Å². The van der Waals surface area contributed by atoms with Gasteiger partial charge >= 0.3 is 12.0 Å². The molecule has 0 bridgehead atoms. The van der Waals surface area contributed by atoms with E-state index in [1.807, 2.05) is 0 Å². The lowest BCUT2D eigenvalue weighted by atomic mass is 10.2. The van der Waals surface area contributed by atoms with Crippen LogP contribution in [0.3, 0.4) is 0 Å². The lowest BCUT2D eigenvalue weighted by Crippen LogP contribution is -2.32. The summed E-state index contributed by atoms with van der Waals surface area (Å²) in [6.45, 7) is 2.78. The molecule has 0 radical (unpaired) electrons. The molecule has 0 spiro atoms. The van der Waals surface area contributed by atoms with Crippen molar-refractivity contribution in [1.82, 2.24) is 5.32 Å². The molecular weight excluding hydrogens is 274 g/mol. The number of ether oxygens (including phenoxy) is 1. The van der Waals surface area contributed by atoms with Crippen LogP contribution >= 0.6 is 0 Å². The molecular formula is C12H14F2N2O4. The van der Waals surface area contributed by atoms with Gasteiger partial charge in [-0.15, -0.1) is 0 Å². The second-order valence-corrected chi connectivity index (χ2v) is 3.69. The number of amides is 2. The Balaban J connectivity index is 2.69. The summed E-state index contributed by atoms with van der Waals surface area (Å²) < 4.78 is 31.5. The van der Waals surface area contributed by atoms with Gasteiger partial charge in [-0.2, -0.15) is 0 Å². The second-order valence-electron chi connectivity index (χ2n) is 3.69. The van der Waals surface area contributed by atoms with E-state index in [1.165, 1.54) is 0 Å². The number of benzene rings is 1. The van der Waals surface area contributed by atoms with Gasteiger partial charge in [0.25, 0.3) is 0 Å². The predicted octanol–water partition coefficient (Wildman–Crippen LogP) is 1.82. The number of hydrogen-bond donors (Lipinski definition) is 3. The lowest BCUT2D eigenvalue weighted by molar-refractivity contribution is 0.0692. The zero-order valence-electron chi connectivity index (χ0n) is 10.7. The first-order valence-electron chi connectivity index (χ1n) is 5.80. The van der Waals surface area contributed by atoms with E-state index in [-0.39, 0.29) is 13.2 Å². The van der Waals surface area contributed by atoms with Crippen molar-refractivity contribution in [3.8, 4) is 0 Å². The van der Waals surface area contributed by atoms with Gasteiger partial charge in [-0.3, -0.25) is 0 Å². The van der Waals surface area contributed by atoms with Gasteiger partial charge < -0.3 is 20.5 Å². The number of urea groups is 1. The largest absolute Gasteiger partial charge is 0.478 e. The van der Waals surface area contributed by atoms with Crippen LogP contribution in [0.2, 0.25) is 0 Å². The average molecular weight is 288 g/mol. The molecule has 0 atom stereocenters. The molecule has 0 aromatic heterocycles. The SMILES string of the molecule is CCOCCNC(=O)Nc1cc(C(=O)O)c(F)cc1F. The maximum absolute atomic E-state index is 13.4. The summed E-state index contributed by atoms with van der Waals surface area (Å²) >= 11 is 0. The Hall–Kier alpha value is -2.22. The van der Waals surface area contributed by atoms with Crippen LogP contribution in [0.5, 0.6) is 0 Å². The molecule has 2 amide bonds. The molecule has 1 rings (SSSR count). The van der Waals surface area contributed by atoms with E-state index in [0.717, 1.165) is 6.07 Å². The highest BCUT2D eigenvalue weighted by Crippen LogP contribution is 2.19. The van der Waals surface area contributed by atoms with Crippen LogP contribution in [-0.2, 0) is 4.74 Å². The van der Waals surface area contributed by atoms with Crippen molar-refractivity contribution >= 4 is 17.7 Å². The van der Waals surface area contributed by atoms with E-state index in [2.05, 4.69) is 10.6 Å². The van der Waals surface area contributed by atoms with Crippen molar-refractivity contribution in [3.63, 3.8) is 0 Å². The maximum atomic E-state index is 13.4. The summed E-state index contributed by atoms with van der Waals surface area (Å²) in [6, 6.07) is 0.375. The number of carboxylic acid groups (broad SMARTS) is 1. The number of anilines is 1. The third kappa shape index (κ3) is 4.47. The molecule has 1 aromatic rings. The zero-order chi connectivity index (χ0) is 15.1. The molecule has 0 aliphatic rings. The Morgan fingerprint density at radius 2 is 2.00 bits per heavy atom. The van der Waals surface area contributed by atoms with Crippen LogP contribution in [0.25, 0.3) is 0 Å². The fourth-order valence-electron chi connectivity index (χ4n) is 1.36. The standard InChI is InChI=1S/C12H14F2N2O4/c1-2-20-4-3-15-12(19)16-10-5-7(11(17)18)8(13)6-9(10)14/h5-6H,2-4H2,1H3,(H,17,18)(H2,15,16,19). The number of hydrogen-bond acceptors (Lipinski definition) is 3. The van der Waals surface area contributed by atoms with Crippen molar-refractivity contribution < 1.29 is 28.2 Å². The monoisotopic (exact) mass is 288 g/mol. The number of aromatic carboxylic acids is 1. The zero-order valence-corrected chi connectivity index (χ0v) is 10.7. The summed E-state index contributed by atoms with van der Waals surface area (Å²) in [7, 11) is 0. The van der Waals surface area contributed by atoms with E-state index < -0.39 is 34.9 Å². The average Bonchev–Trinajstić information content (AvgIpc) is 2.37. The van der Waals surface area contributed by atoms with Gasteiger partial charge in [-0.25, -0.2) is 18.4 Å². The highest BCUT2D eigenvalue weighted by atomic mass is 19.1. The number of halogens is 2. The van der Waals surface area contributed by atoms with Gasteiger partial charge in [0.15, 0.2) is 0 Å². The van der Waals surface area contributed by atoms with Crippen LogP contribution in [0, 0.1) is 11.6 Å². The topological polar surface area (TPSA) is 87.7 Å². The van der Waals surface area contributed by atoms with Crippen LogP contribution in [0.4, 0.5) is 19.3 Å². The number of rotatable bonds is 6. The fraction of sp³-hybridized carbons (Fsp3) is 0.333. The minimum atomic E-state index is -1.55. The molecule has 0 heterocycles. The summed E-state index contributed by atoms with van der Waals surface area (Å²) in [5.74, 6) is -3.83. The third-order valence-electron chi connectivity index (χ3n) is 2.27. The van der Waals surface area contributed by atoms with Crippen molar-refractivity contribution in [2.24, 2.45) is 0 Å². The smallest absolute Gasteiger partial charge is 0.338 e. The van der Waals surface area contributed by atoms with Crippen molar-refractivity contribution in [3.05, 3.63) is 29.3 Å². The summed E-state index contributed by atoms with van der Waals surface area (Å²) in [5, 5.41) is 13.2. The number of carbonyl (C=O) groups excluding carboxylic acids is 1. The Morgan fingerprint density at radius 3 is 2.60 bits per heavy atom. The van der Waals surface area contributed by atoms with E-state index in [1.54, 1.807) is 6.92 Å². The third-order valence-corrected chi connectivity index (χ3v) is 2.27. The Kier molecular flexibility index (Phi) is 5.85. The molecule has 20 heavy (non-hydrogen) atoms. The fourth-order valence-corrected chi connectivity index (χ4v) is 1.36. The molecule has 0 aliphatic heterocycles. The first-order chi connectivity index (χ1) is 9.45. The second kappa shape index (κ2) is 7.39. The number of carbonyl (C=O) groups is 2. The minimum absolute atomic E-state index is 0.203. The Morgan fingerprint density at radius 1 is 1.30 bits per heavy atom. The van der Waals surface area contributed by atoms with Crippen molar-refractivity contribution in [2.75, 3.05) is 25.1 Å². The highest BCUT2D eigenvalue weighted by molar-refractivity contribution is 5.93. The molecule has 6 nitrogen and oxygen atoms in total. The maximum Gasteiger partial charge on any atom is 0.338 e. The van der Waals surface area contributed by atoms with Gasteiger partial charge in [-0.1, -0.05) is 0 Å².